The van der Waals surface area contributed by atoms with Crippen LogP contribution in [0.25, 0.3) is 0 Å². The van der Waals surface area contributed by atoms with Crippen LogP contribution in [0.5, 0.6) is 0 Å². The van der Waals surface area contributed by atoms with Crippen molar-refractivity contribution in [2.45, 2.75) is 25.7 Å². The Morgan fingerprint density at radius 2 is 1.92 bits per heavy atom. The van der Waals surface area contributed by atoms with Gasteiger partial charge in [-0.1, -0.05) is 18.2 Å². The molecule has 1 aromatic rings. The number of likely N-dealkylation sites (tertiary alicyclic amines) is 1. The smallest absolute Gasteiger partial charge is 0.321 e. The summed E-state index contributed by atoms with van der Waals surface area (Å²) in [5, 5.41) is 5.82. The van der Waals surface area contributed by atoms with Gasteiger partial charge in [0.2, 0.25) is 5.91 Å². The molecule has 1 aliphatic rings. The molecule has 0 radical (unpaired) electrons. The van der Waals surface area contributed by atoms with Gasteiger partial charge in [-0.25, -0.2) is 4.79 Å². The quantitative estimate of drug-likeness (QED) is 0.753. The van der Waals surface area contributed by atoms with Crippen molar-refractivity contribution in [3.8, 4) is 0 Å². The number of para-hydroxylation sites is 1. The zero-order valence-electron chi connectivity index (χ0n) is 14.3. The van der Waals surface area contributed by atoms with Gasteiger partial charge in [-0.05, 0) is 37.3 Å². The van der Waals surface area contributed by atoms with Crippen molar-refractivity contribution in [1.82, 2.24) is 10.2 Å². The molecule has 6 nitrogen and oxygen atoms in total. The van der Waals surface area contributed by atoms with Crippen molar-refractivity contribution >= 4 is 17.6 Å². The predicted molar refractivity (Wildman–Crippen MR) is 93.9 cm³/mol. The largest absolute Gasteiger partial charge is 0.385 e. The highest BCUT2D eigenvalue weighted by molar-refractivity contribution is 5.89. The summed E-state index contributed by atoms with van der Waals surface area (Å²) in [6, 6.07) is 9.39. The Balaban J connectivity index is 1.65. The summed E-state index contributed by atoms with van der Waals surface area (Å²) in [5.41, 5.74) is 0.806. The number of urea groups is 1. The number of carbonyl (C=O) groups excluding carboxylic acids is 2. The van der Waals surface area contributed by atoms with E-state index in [-0.39, 0.29) is 11.9 Å². The van der Waals surface area contributed by atoms with E-state index >= 15 is 0 Å². The van der Waals surface area contributed by atoms with E-state index in [0.29, 0.717) is 38.6 Å². The van der Waals surface area contributed by atoms with Crippen LogP contribution in [0.4, 0.5) is 10.5 Å². The highest BCUT2D eigenvalue weighted by Gasteiger charge is 2.24. The van der Waals surface area contributed by atoms with Crippen molar-refractivity contribution in [2.75, 3.05) is 38.7 Å². The van der Waals surface area contributed by atoms with Crippen molar-refractivity contribution < 1.29 is 14.3 Å². The maximum Gasteiger partial charge on any atom is 0.321 e. The molecule has 0 unspecified atom stereocenters. The van der Waals surface area contributed by atoms with Crippen molar-refractivity contribution in [2.24, 2.45) is 5.92 Å². The molecule has 1 heterocycles. The Morgan fingerprint density at radius 3 is 2.58 bits per heavy atom. The summed E-state index contributed by atoms with van der Waals surface area (Å²) in [6.45, 7) is 2.71. The lowest BCUT2D eigenvalue weighted by atomic mass is 9.93. The highest BCUT2D eigenvalue weighted by Crippen LogP contribution is 2.21. The van der Waals surface area contributed by atoms with Gasteiger partial charge in [0.1, 0.15) is 0 Å². The number of amides is 3. The molecule has 1 aromatic carbocycles. The molecule has 0 aliphatic carbocycles. The fourth-order valence-electron chi connectivity index (χ4n) is 2.84. The summed E-state index contributed by atoms with van der Waals surface area (Å²) < 4.78 is 4.96. The third-order valence-electron chi connectivity index (χ3n) is 4.25. The van der Waals surface area contributed by atoms with Crippen LogP contribution in [0.3, 0.4) is 0 Å². The number of ether oxygens (including phenoxy) is 1. The van der Waals surface area contributed by atoms with Gasteiger partial charge in [0.25, 0.3) is 0 Å². The van der Waals surface area contributed by atoms with E-state index in [4.69, 9.17) is 4.74 Å². The molecular formula is C18H27N3O3. The third-order valence-corrected chi connectivity index (χ3v) is 4.25. The van der Waals surface area contributed by atoms with Gasteiger partial charge < -0.3 is 20.3 Å². The number of methoxy groups -OCH3 is 1. The molecule has 0 bridgehead atoms. The third kappa shape index (κ3) is 6.20. The summed E-state index contributed by atoms with van der Waals surface area (Å²) in [5.74, 6) is 0.450. The Bertz CT molecular complexity index is 514. The zero-order valence-corrected chi connectivity index (χ0v) is 14.3. The van der Waals surface area contributed by atoms with E-state index in [1.807, 2.05) is 35.2 Å². The minimum Gasteiger partial charge on any atom is -0.385 e. The average molecular weight is 333 g/mol. The summed E-state index contributed by atoms with van der Waals surface area (Å²) in [7, 11) is 1.66. The van der Waals surface area contributed by atoms with Crippen LogP contribution in [-0.2, 0) is 9.53 Å². The maximum absolute atomic E-state index is 12.2. The topological polar surface area (TPSA) is 70.7 Å². The summed E-state index contributed by atoms with van der Waals surface area (Å²) >= 11 is 0. The monoisotopic (exact) mass is 333 g/mol. The SMILES string of the molecule is COCCCNC(=O)CC1CCN(C(=O)Nc2ccccc2)CC1. The first kappa shape index (κ1) is 18.3. The number of nitrogens with one attached hydrogen (secondary N) is 2. The van der Waals surface area contributed by atoms with Crippen LogP contribution in [0, 0.1) is 5.92 Å². The number of nitrogens with zero attached hydrogens (tertiary/aromatic N) is 1. The molecule has 1 fully saturated rings. The number of piperidine rings is 1. The number of carbonyl (C=O) groups is 2. The number of benzene rings is 1. The second kappa shape index (κ2) is 9.93. The lowest BCUT2D eigenvalue weighted by Gasteiger charge is -2.31. The van der Waals surface area contributed by atoms with E-state index < -0.39 is 0 Å². The maximum atomic E-state index is 12.2. The van der Waals surface area contributed by atoms with Crippen molar-refractivity contribution in [1.29, 1.82) is 0 Å². The number of rotatable bonds is 7. The van der Waals surface area contributed by atoms with Crippen LogP contribution in [-0.4, -0.2) is 50.2 Å². The van der Waals surface area contributed by atoms with Gasteiger partial charge in [0.05, 0.1) is 0 Å². The van der Waals surface area contributed by atoms with Gasteiger partial charge in [-0.15, -0.1) is 0 Å². The molecule has 0 atom stereocenters. The zero-order chi connectivity index (χ0) is 17.2. The minimum absolute atomic E-state index is 0.0660. The molecule has 6 heteroatoms. The Labute approximate surface area is 143 Å². The fourth-order valence-corrected chi connectivity index (χ4v) is 2.84. The Hall–Kier alpha value is -2.08. The molecule has 1 aliphatic heterocycles. The molecule has 0 aromatic heterocycles. The molecule has 3 amide bonds. The van der Waals surface area contributed by atoms with Crippen LogP contribution in [0.1, 0.15) is 25.7 Å². The van der Waals surface area contributed by atoms with Gasteiger partial charge in [-0.2, -0.15) is 0 Å². The molecule has 0 spiro atoms. The van der Waals surface area contributed by atoms with E-state index in [2.05, 4.69) is 10.6 Å². The molecule has 1 saturated heterocycles. The van der Waals surface area contributed by atoms with Crippen LogP contribution in [0.2, 0.25) is 0 Å². The van der Waals surface area contributed by atoms with Gasteiger partial charge in [0.15, 0.2) is 0 Å². The summed E-state index contributed by atoms with van der Waals surface area (Å²) in [6.07, 6.45) is 3.11. The molecule has 2 rings (SSSR count). The van der Waals surface area contributed by atoms with E-state index in [1.54, 1.807) is 7.11 Å². The van der Waals surface area contributed by atoms with Crippen molar-refractivity contribution in [3.63, 3.8) is 0 Å². The number of hydrogen-bond acceptors (Lipinski definition) is 3. The fraction of sp³-hybridized carbons (Fsp3) is 0.556. The van der Waals surface area contributed by atoms with Crippen LogP contribution < -0.4 is 10.6 Å². The summed E-state index contributed by atoms with van der Waals surface area (Å²) in [4.78, 5) is 25.9. The average Bonchev–Trinajstić information content (AvgIpc) is 2.60. The first-order chi connectivity index (χ1) is 11.7. The molecule has 2 N–H and O–H groups in total. The number of hydrogen-bond donors (Lipinski definition) is 2. The van der Waals surface area contributed by atoms with Gasteiger partial charge in [0, 0.05) is 45.5 Å². The Morgan fingerprint density at radius 1 is 1.21 bits per heavy atom. The molecular weight excluding hydrogens is 306 g/mol. The molecule has 0 saturated carbocycles. The van der Waals surface area contributed by atoms with Crippen molar-refractivity contribution in [3.05, 3.63) is 30.3 Å². The second-order valence-corrected chi connectivity index (χ2v) is 6.13. The Kier molecular flexibility index (Phi) is 7.55. The first-order valence-corrected chi connectivity index (χ1v) is 8.55. The minimum atomic E-state index is -0.0660. The first-order valence-electron chi connectivity index (χ1n) is 8.55. The molecule has 24 heavy (non-hydrogen) atoms. The van der Waals surface area contributed by atoms with E-state index in [1.165, 1.54) is 0 Å². The lowest BCUT2D eigenvalue weighted by molar-refractivity contribution is -0.122. The molecule has 132 valence electrons. The van der Waals surface area contributed by atoms with Crippen LogP contribution >= 0.6 is 0 Å². The predicted octanol–water partition coefficient (Wildman–Crippen LogP) is 2.47. The standard InChI is InChI=1S/C18H27N3O3/c1-24-13-5-10-19-17(22)14-15-8-11-21(12-9-15)18(23)20-16-6-3-2-4-7-16/h2-4,6-7,15H,5,8-14H2,1H3,(H,19,22)(H,20,23). The normalized spacial score (nSPS) is 15.1. The van der Waals surface area contributed by atoms with E-state index in [9.17, 15) is 9.59 Å². The van der Waals surface area contributed by atoms with Gasteiger partial charge >= 0.3 is 6.03 Å². The van der Waals surface area contributed by atoms with E-state index in [0.717, 1.165) is 24.9 Å². The highest BCUT2D eigenvalue weighted by atomic mass is 16.5. The van der Waals surface area contributed by atoms with Crippen LogP contribution in [0.15, 0.2) is 30.3 Å². The van der Waals surface area contributed by atoms with Gasteiger partial charge in [-0.3, -0.25) is 4.79 Å². The second-order valence-electron chi connectivity index (χ2n) is 6.13. The lowest BCUT2D eigenvalue weighted by Crippen LogP contribution is -2.42. The number of anilines is 1.